The number of hydrogen-bond donors (Lipinski definition) is 1. The summed E-state index contributed by atoms with van der Waals surface area (Å²) in [6.07, 6.45) is -0.107. The Morgan fingerprint density at radius 1 is 1.24 bits per heavy atom. The van der Waals surface area contributed by atoms with Crippen LogP contribution in [0, 0.1) is 19.8 Å². The predicted molar refractivity (Wildman–Crippen MR) is 63.4 cm³/mol. The lowest BCUT2D eigenvalue weighted by Gasteiger charge is -2.18. The minimum atomic E-state index is -1.04. The van der Waals surface area contributed by atoms with E-state index in [1.807, 2.05) is 20.8 Å². The van der Waals surface area contributed by atoms with Crippen LogP contribution < -0.4 is 4.74 Å². The van der Waals surface area contributed by atoms with Crippen molar-refractivity contribution >= 4 is 5.97 Å². The lowest BCUT2D eigenvalue weighted by molar-refractivity contribution is 0.0683. The molecule has 94 valence electrons. The molecule has 0 amide bonds. The molecule has 0 aliphatic carbocycles. The first-order chi connectivity index (χ1) is 7.84. The van der Waals surface area contributed by atoms with Crippen molar-refractivity contribution in [1.29, 1.82) is 0 Å². The van der Waals surface area contributed by atoms with Gasteiger partial charge in [0.05, 0.1) is 5.69 Å². The first-order valence-corrected chi connectivity index (χ1v) is 5.58. The molecule has 1 heterocycles. The van der Waals surface area contributed by atoms with E-state index in [1.54, 1.807) is 13.8 Å². The molecule has 0 spiro atoms. The van der Waals surface area contributed by atoms with Gasteiger partial charge in [0, 0.05) is 0 Å². The first kappa shape index (κ1) is 13.4. The molecule has 0 fully saturated rings. The number of ether oxygens (including phenoxy) is 1. The number of aromatic carboxylic acids is 1. The normalized spacial score (nSPS) is 12.6. The number of hydrogen-bond acceptors (Lipinski definition) is 4. The van der Waals surface area contributed by atoms with Crippen LogP contribution in [0.1, 0.15) is 42.4 Å². The maximum absolute atomic E-state index is 11.2. The summed E-state index contributed by atoms with van der Waals surface area (Å²) in [6, 6.07) is 0. The summed E-state index contributed by atoms with van der Waals surface area (Å²) >= 11 is 0. The van der Waals surface area contributed by atoms with E-state index in [0.29, 0.717) is 11.3 Å². The van der Waals surface area contributed by atoms with Gasteiger partial charge in [0.1, 0.15) is 11.7 Å². The summed E-state index contributed by atoms with van der Waals surface area (Å²) in [5, 5.41) is 16.9. The van der Waals surface area contributed by atoms with Crippen molar-refractivity contribution < 1.29 is 14.6 Å². The Morgan fingerprint density at radius 3 is 2.29 bits per heavy atom. The third kappa shape index (κ3) is 2.93. The summed E-state index contributed by atoms with van der Waals surface area (Å²) < 4.78 is 5.55. The molecule has 0 bridgehead atoms. The number of aryl methyl sites for hydroxylation is 1. The van der Waals surface area contributed by atoms with Crippen molar-refractivity contribution in [2.24, 2.45) is 5.92 Å². The van der Waals surface area contributed by atoms with E-state index in [9.17, 15) is 9.90 Å². The highest BCUT2D eigenvalue weighted by molar-refractivity contribution is 5.92. The van der Waals surface area contributed by atoms with Gasteiger partial charge in [0.15, 0.2) is 0 Å². The SMILES string of the molecule is Cc1nnc(OC(C)C(C)C)c(C(=O)O)c1C. The zero-order valence-electron chi connectivity index (χ0n) is 10.8. The minimum Gasteiger partial charge on any atom is -0.477 e. The molecule has 1 aromatic rings. The molecule has 0 aromatic carbocycles. The molecular formula is C12H18N2O3. The Bertz CT molecular complexity index is 430. The predicted octanol–water partition coefficient (Wildman–Crippen LogP) is 2.21. The smallest absolute Gasteiger partial charge is 0.341 e. The molecule has 1 atom stereocenters. The van der Waals surface area contributed by atoms with Gasteiger partial charge in [-0.25, -0.2) is 4.79 Å². The van der Waals surface area contributed by atoms with E-state index >= 15 is 0 Å². The van der Waals surface area contributed by atoms with E-state index in [2.05, 4.69) is 10.2 Å². The van der Waals surface area contributed by atoms with Gasteiger partial charge >= 0.3 is 5.97 Å². The standard InChI is InChI=1S/C12H18N2O3/c1-6(2)9(5)17-11-10(12(15)16)7(3)8(4)13-14-11/h6,9H,1-5H3,(H,15,16). The molecule has 0 aliphatic heterocycles. The van der Waals surface area contributed by atoms with E-state index in [0.717, 1.165) is 0 Å². The van der Waals surface area contributed by atoms with Crippen molar-refractivity contribution in [3.63, 3.8) is 0 Å². The van der Waals surface area contributed by atoms with Crippen LogP contribution in [0.25, 0.3) is 0 Å². The van der Waals surface area contributed by atoms with Gasteiger partial charge in [0.2, 0.25) is 5.88 Å². The summed E-state index contributed by atoms with van der Waals surface area (Å²) in [4.78, 5) is 11.2. The molecular weight excluding hydrogens is 220 g/mol. The Kier molecular flexibility index (Phi) is 4.04. The van der Waals surface area contributed by atoms with Crippen molar-refractivity contribution in [3.8, 4) is 5.88 Å². The largest absolute Gasteiger partial charge is 0.477 e. The van der Waals surface area contributed by atoms with Crippen molar-refractivity contribution in [2.75, 3.05) is 0 Å². The Balaban J connectivity index is 3.16. The fraction of sp³-hybridized carbons (Fsp3) is 0.583. The number of carbonyl (C=O) groups is 1. The summed E-state index contributed by atoms with van der Waals surface area (Å²) in [7, 11) is 0. The number of rotatable bonds is 4. The fourth-order valence-corrected chi connectivity index (χ4v) is 1.23. The van der Waals surface area contributed by atoms with E-state index in [4.69, 9.17) is 4.74 Å². The summed E-state index contributed by atoms with van der Waals surface area (Å²) in [5.41, 5.74) is 1.30. The fourth-order valence-electron chi connectivity index (χ4n) is 1.23. The zero-order chi connectivity index (χ0) is 13.2. The molecule has 0 radical (unpaired) electrons. The molecule has 0 aliphatic rings. The van der Waals surface area contributed by atoms with Crippen molar-refractivity contribution in [1.82, 2.24) is 10.2 Å². The zero-order valence-corrected chi connectivity index (χ0v) is 10.8. The average Bonchev–Trinajstić information content (AvgIpc) is 2.22. The topological polar surface area (TPSA) is 72.3 Å². The van der Waals surface area contributed by atoms with Crippen molar-refractivity contribution in [3.05, 3.63) is 16.8 Å². The molecule has 0 saturated heterocycles. The quantitative estimate of drug-likeness (QED) is 0.870. The molecule has 5 nitrogen and oxygen atoms in total. The van der Waals surface area contributed by atoms with E-state index in [-0.39, 0.29) is 23.5 Å². The van der Waals surface area contributed by atoms with Gasteiger partial charge in [-0.15, -0.1) is 5.10 Å². The molecule has 1 rings (SSSR count). The molecule has 1 aromatic heterocycles. The second kappa shape index (κ2) is 5.12. The van der Waals surface area contributed by atoms with Crippen LogP contribution in [0.5, 0.6) is 5.88 Å². The highest BCUT2D eigenvalue weighted by Crippen LogP contribution is 2.22. The minimum absolute atomic E-state index is 0.0989. The number of carboxylic acids is 1. The van der Waals surface area contributed by atoms with Crippen LogP contribution in [0.2, 0.25) is 0 Å². The van der Waals surface area contributed by atoms with Gasteiger partial charge in [-0.3, -0.25) is 0 Å². The summed E-state index contributed by atoms with van der Waals surface area (Å²) in [5.74, 6) is -0.659. The highest BCUT2D eigenvalue weighted by Gasteiger charge is 2.21. The monoisotopic (exact) mass is 238 g/mol. The Hall–Kier alpha value is -1.65. The maximum atomic E-state index is 11.2. The van der Waals surface area contributed by atoms with E-state index < -0.39 is 5.97 Å². The van der Waals surface area contributed by atoms with Crippen LogP contribution in [-0.2, 0) is 0 Å². The molecule has 1 unspecified atom stereocenters. The van der Waals surface area contributed by atoms with Crippen LogP contribution >= 0.6 is 0 Å². The number of aromatic nitrogens is 2. The second-order valence-electron chi connectivity index (χ2n) is 4.46. The number of carboxylic acid groups (broad SMARTS) is 1. The van der Waals surface area contributed by atoms with E-state index in [1.165, 1.54) is 0 Å². The van der Waals surface area contributed by atoms with Gasteiger partial charge in [-0.05, 0) is 32.3 Å². The van der Waals surface area contributed by atoms with Crippen LogP contribution in [0.15, 0.2) is 0 Å². The van der Waals surface area contributed by atoms with Gasteiger partial charge in [0.25, 0.3) is 0 Å². The molecule has 5 heteroatoms. The van der Waals surface area contributed by atoms with Crippen molar-refractivity contribution in [2.45, 2.75) is 40.7 Å². The van der Waals surface area contributed by atoms with Crippen LogP contribution in [-0.4, -0.2) is 27.4 Å². The third-order valence-electron chi connectivity index (χ3n) is 2.87. The van der Waals surface area contributed by atoms with Gasteiger partial charge in [-0.1, -0.05) is 13.8 Å². The lowest BCUT2D eigenvalue weighted by atomic mass is 10.1. The summed E-state index contributed by atoms with van der Waals surface area (Å²) in [6.45, 7) is 9.32. The average molecular weight is 238 g/mol. The third-order valence-corrected chi connectivity index (χ3v) is 2.87. The van der Waals surface area contributed by atoms with Crippen LogP contribution in [0.4, 0.5) is 0 Å². The maximum Gasteiger partial charge on any atom is 0.341 e. The van der Waals surface area contributed by atoms with Gasteiger partial charge < -0.3 is 9.84 Å². The molecule has 0 saturated carbocycles. The molecule has 17 heavy (non-hydrogen) atoms. The second-order valence-corrected chi connectivity index (χ2v) is 4.46. The number of nitrogens with zero attached hydrogens (tertiary/aromatic N) is 2. The lowest BCUT2D eigenvalue weighted by Crippen LogP contribution is -2.22. The Labute approximate surface area is 101 Å². The van der Waals surface area contributed by atoms with Gasteiger partial charge in [-0.2, -0.15) is 5.10 Å². The Morgan fingerprint density at radius 2 is 1.82 bits per heavy atom. The highest BCUT2D eigenvalue weighted by atomic mass is 16.5. The first-order valence-electron chi connectivity index (χ1n) is 5.58. The van der Waals surface area contributed by atoms with Crippen LogP contribution in [0.3, 0.4) is 0 Å². The molecule has 1 N–H and O–H groups in total.